The highest BCUT2D eigenvalue weighted by molar-refractivity contribution is 5.69. The van der Waals surface area contributed by atoms with Gasteiger partial charge in [0.1, 0.15) is 0 Å². The molecule has 0 saturated heterocycles. The summed E-state index contributed by atoms with van der Waals surface area (Å²) < 4.78 is 0. The largest absolute Gasteiger partial charge is 0.352 e. The number of hydrogen-bond donors (Lipinski definition) is 2. The SMILES string of the molecule is CC=CCCCCCC.NC(N)=O. The summed E-state index contributed by atoms with van der Waals surface area (Å²) in [7, 11) is 0. The lowest BCUT2D eigenvalue weighted by Gasteiger charge is -1.92. The molecule has 4 N–H and O–H groups in total. The fourth-order valence-electron chi connectivity index (χ4n) is 0.856. The summed E-state index contributed by atoms with van der Waals surface area (Å²) in [5.41, 5.74) is 8.50. The van der Waals surface area contributed by atoms with Crippen LogP contribution < -0.4 is 11.5 Å². The van der Waals surface area contributed by atoms with Crippen molar-refractivity contribution in [2.75, 3.05) is 0 Å². The molecule has 0 aliphatic heterocycles. The lowest BCUT2D eigenvalue weighted by Crippen LogP contribution is -2.18. The molecule has 0 aromatic heterocycles. The first-order valence-corrected chi connectivity index (χ1v) is 4.81. The number of unbranched alkanes of at least 4 members (excludes halogenated alkanes) is 4. The van der Waals surface area contributed by atoms with Gasteiger partial charge >= 0.3 is 6.03 Å². The Kier molecular flexibility index (Phi) is 15.2. The number of primary amides is 2. The number of allylic oxidation sites excluding steroid dienone is 2. The fraction of sp³-hybridized carbons (Fsp3) is 0.700. The number of amides is 2. The molecule has 0 saturated carbocycles. The van der Waals surface area contributed by atoms with Gasteiger partial charge in [0.25, 0.3) is 0 Å². The second-order valence-electron chi connectivity index (χ2n) is 2.82. The summed E-state index contributed by atoms with van der Waals surface area (Å²) in [4.78, 5) is 9.00. The maximum atomic E-state index is 9.00. The van der Waals surface area contributed by atoms with Crippen molar-refractivity contribution in [1.29, 1.82) is 0 Å². The zero-order chi connectivity index (χ0) is 10.5. The van der Waals surface area contributed by atoms with Crippen LogP contribution in [0.2, 0.25) is 0 Å². The van der Waals surface area contributed by atoms with Crippen LogP contribution in [-0.2, 0) is 0 Å². The minimum absolute atomic E-state index is 0.833. The van der Waals surface area contributed by atoms with E-state index < -0.39 is 6.03 Å². The number of nitrogens with two attached hydrogens (primary N) is 2. The van der Waals surface area contributed by atoms with Gasteiger partial charge in [-0.15, -0.1) is 0 Å². The van der Waals surface area contributed by atoms with Crippen LogP contribution in [0, 0.1) is 0 Å². The van der Waals surface area contributed by atoms with E-state index in [2.05, 4.69) is 37.5 Å². The minimum atomic E-state index is -0.833. The quantitative estimate of drug-likeness (QED) is 0.503. The van der Waals surface area contributed by atoms with Crippen LogP contribution in [0.3, 0.4) is 0 Å². The van der Waals surface area contributed by atoms with E-state index in [0.717, 1.165) is 0 Å². The number of urea groups is 1. The maximum absolute atomic E-state index is 9.00. The van der Waals surface area contributed by atoms with Gasteiger partial charge in [0.15, 0.2) is 0 Å². The molecule has 0 aliphatic rings. The van der Waals surface area contributed by atoms with Crippen molar-refractivity contribution in [3.63, 3.8) is 0 Å². The molecule has 3 nitrogen and oxygen atoms in total. The zero-order valence-electron chi connectivity index (χ0n) is 8.75. The number of rotatable bonds is 5. The van der Waals surface area contributed by atoms with Crippen molar-refractivity contribution in [3.05, 3.63) is 12.2 Å². The third kappa shape index (κ3) is 35.6. The molecule has 0 bridgehead atoms. The van der Waals surface area contributed by atoms with Gasteiger partial charge in [0, 0.05) is 0 Å². The van der Waals surface area contributed by atoms with Gasteiger partial charge in [-0.1, -0.05) is 38.3 Å². The molecule has 0 fully saturated rings. The van der Waals surface area contributed by atoms with E-state index in [1.165, 1.54) is 32.1 Å². The van der Waals surface area contributed by atoms with Gasteiger partial charge in [0.2, 0.25) is 0 Å². The topological polar surface area (TPSA) is 69.1 Å². The van der Waals surface area contributed by atoms with Gasteiger partial charge in [-0.2, -0.15) is 0 Å². The lowest BCUT2D eigenvalue weighted by atomic mass is 10.1. The predicted molar refractivity (Wildman–Crippen MR) is 57.3 cm³/mol. The van der Waals surface area contributed by atoms with Crippen LogP contribution in [0.15, 0.2) is 12.2 Å². The first-order chi connectivity index (χ1) is 6.15. The van der Waals surface area contributed by atoms with Crippen molar-refractivity contribution < 1.29 is 4.79 Å². The molecule has 0 aliphatic carbocycles. The molecule has 0 heterocycles. The van der Waals surface area contributed by atoms with Crippen LogP contribution in [0.1, 0.15) is 46.0 Å². The Balaban J connectivity index is 0. The Morgan fingerprint density at radius 2 is 1.77 bits per heavy atom. The summed E-state index contributed by atoms with van der Waals surface area (Å²) in [5, 5.41) is 0. The highest BCUT2D eigenvalue weighted by Gasteiger charge is 1.82. The predicted octanol–water partition coefficient (Wildman–Crippen LogP) is 2.56. The molecule has 0 unspecified atom stereocenters. The summed E-state index contributed by atoms with van der Waals surface area (Å²) in [5.74, 6) is 0. The average molecular weight is 186 g/mol. The summed E-state index contributed by atoms with van der Waals surface area (Å²) in [6, 6.07) is -0.833. The number of hydrogen-bond acceptors (Lipinski definition) is 1. The van der Waals surface area contributed by atoms with Crippen molar-refractivity contribution in [2.24, 2.45) is 11.5 Å². The maximum Gasteiger partial charge on any atom is 0.309 e. The zero-order valence-corrected chi connectivity index (χ0v) is 8.75. The Morgan fingerprint density at radius 1 is 1.23 bits per heavy atom. The third-order valence-corrected chi connectivity index (χ3v) is 1.46. The van der Waals surface area contributed by atoms with E-state index in [0.29, 0.717) is 0 Å². The standard InChI is InChI=1S/C9H18.CH4N2O/c1-3-5-7-9-8-6-4-2;2-1(3)4/h3,5H,4,6-9H2,1-2H3;(H4,2,3,4). The summed E-state index contributed by atoms with van der Waals surface area (Å²) in [6.45, 7) is 4.33. The van der Waals surface area contributed by atoms with E-state index >= 15 is 0 Å². The molecule has 0 aromatic carbocycles. The molecule has 0 rings (SSSR count). The molecule has 0 aromatic rings. The van der Waals surface area contributed by atoms with E-state index in [1.54, 1.807) is 0 Å². The Morgan fingerprint density at radius 3 is 2.15 bits per heavy atom. The number of carbonyl (C=O) groups is 1. The van der Waals surface area contributed by atoms with E-state index in [-0.39, 0.29) is 0 Å². The molecule has 0 radical (unpaired) electrons. The molecule has 3 heteroatoms. The average Bonchev–Trinajstić information content (AvgIpc) is 2.03. The highest BCUT2D eigenvalue weighted by atomic mass is 16.2. The van der Waals surface area contributed by atoms with Gasteiger partial charge in [-0.3, -0.25) is 0 Å². The molecule has 2 amide bonds. The fourth-order valence-corrected chi connectivity index (χ4v) is 0.856. The Labute approximate surface area is 81.2 Å². The molecule has 0 spiro atoms. The van der Waals surface area contributed by atoms with Crippen molar-refractivity contribution >= 4 is 6.03 Å². The van der Waals surface area contributed by atoms with Gasteiger partial charge in [-0.05, 0) is 19.8 Å². The Bertz CT molecular complexity index is 129. The summed E-state index contributed by atoms with van der Waals surface area (Å²) >= 11 is 0. The minimum Gasteiger partial charge on any atom is -0.352 e. The first kappa shape index (κ1) is 14.5. The van der Waals surface area contributed by atoms with E-state index in [1.807, 2.05) is 0 Å². The van der Waals surface area contributed by atoms with Gasteiger partial charge in [-0.25, -0.2) is 4.79 Å². The van der Waals surface area contributed by atoms with Crippen molar-refractivity contribution in [3.8, 4) is 0 Å². The lowest BCUT2D eigenvalue weighted by molar-refractivity contribution is 0.256. The van der Waals surface area contributed by atoms with E-state index in [4.69, 9.17) is 4.79 Å². The van der Waals surface area contributed by atoms with E-state index in [9.17, 15) is 0 Å². The van der Waals surface area contributed by atoms with Crippen molar-refractivity contribution in [2.45, 2.75) is 46.0 Å². The number of carbonyl (C=O) groups excluding carboxylic acids is 1. The van der Waals surface area contributed by atoms with Crippen LogP contribution in [-0.4, -0.2) is 6.03 Å². The molecular formula is C10H22N2O. The Hall–Kier alpha value is -0.990. The van der Waals surface area contributed by atoms with Crippen LogP contribution in [0.4, 0.5) is 4.79 Å². The van der Waals surface area contributed by atoms with Crippen molar-refractivity contribution in [1.82, 2.24) is 0 Å². The van der Waals surface area contributed by atoms with Crippen LogP contribution in [0.25, 0.3) is 0 Å². The second-order valence-corrected chi connectivity index (χ2v) is 2.82. The van der Waals surface area contributed by atoms with Crippen LogP contribution >= 0.6 is 0 Å². The molecule has 13 heavy (non-hydrogen) atoms. The monoisotopic (exact) mass is 186 g/mol. The first-order valence-electron chi connectivity index (χ1n) is 4.81. The molecular weight excluding hydrogens is 164 g/mol. The van der Waals surface area contributed by atoms with Gasteiger partial charge in [0.05, 0.1) is 0 Å². The molecule has 78 valence electrons. The third-order valence-electron chi connectivity index (χ3n) is 1.46. The molecule has 0 atom stereocenters. The van der Waals surface area contributed by atoms with Gasteiger partial charge < -0.3 is 11.5 Å². The highest BCUT2D eigenvalue weighted by Crippen LogP contribution is 2.02. The smallest absolute Gasteiger partial charge is 0.309 e. The normalized spacial score (nSPS) is 9.38. The second kappa shape index (κ2) is 13.6. The summed E-state index contributed by atoms with van der Waals surface area (Å²) in [6.07, 6.45) is 11.2. The van der Waals surface area contributed by atoms with Crippen LogP contribution in [0.5, 0.6) is 0 Å².